The molecule has 1 unspecified atom stereocenters. The van der Waals surface area contributed by atoms with Gasteiger partial charge in [-0.15, -0.1) is 0 Å². The smallest absolute Gasteiger partial charge is 0.173 e. The lowest BCUT2D eigenvalue weighted by Gasteiger charge is -2.21. The van der Waals surface area contributed by atoms with Crippen LogP contribution in [0.25, 0.3) is 0 Å². The van der Waals surface area contributed by atoms with Gasteiger partial charge in [-0.2, -0.15) is 0 Å². The van der Waals surface area contributed by atoms with Gasteiger partial charge in [0.1, 0.15) is 5.25 Å². The van der Waals surface area contributed by atoms with Crippen LogP contribution in [0.15, 0.2) is 0 Å². The summed E-state index contributed by atoms with van der Waals surface area (Å²) in [6.45, 7) is 1.79. The maximum absolute atomic E-state index is 11.2. The minimum atomic E-state index is -3.09. The van der Waals surface area contributed by atoms with Crippen LogP contribution in [0.2, 0.25) is 0 Å². The van der Waals surface area contributed by atoms with E-state index in [-0.39, 0.29) is 0 Å². The second kappa shape index (κ2) is 4.79. The van der Waals surface area contributed by atoms with Gasteiger partial charge in [0.25, 0.3) is 0 Å². The van der Waals surface area contributed by atoms with Crippen LogP contribution in [-0.4, -0.2) is 40.4 Å². The molecular weight excluding hydrogens is 180 g/mol. The number of methoxy groups -OCH3 is 2. The van der Waals surface area contributed by atoms with E-state index in [1.54, 1.807) is 6.92 Å². The van der Waals surface area contributed by atoms with E-state index in [4.69, 9.17) is 9.47 Å². The molecule has 0 aliphatic rings. The summed E-state index contributed by atoms with van der Waals surface area (Å²) in [5.74, 6) is 0. The Morgan fingerprint density at radius 2 is 1.67 bits per heavy atom. The molecule has 0 aromatic heterocycles. The lowest BCUT2D eigenvalue weighted by atomic mass is 10.3. The highest BCUT2D eigenvalue weighted by Crippen LogP contribution is 2.12. The average Bonchev–Trinajstić information content (AvgIpc) is 1.97. The summed E-state index contributed by atoms with van der Waals surface area (Å²) in [5, 5.41) is -0.576. The normalized spacial score (nSPS) is 15.1. The zero-order valence-electron chi connectivity index (χ0n) is 7.90. The Bertz CT molecular complexity index is 205. The van der Waals surface area contributed by atoms with Gasteiger partial charge in [0.15, 0.2) is 16.1 Å². The fraction of sp³-hybridized carbons (Fsp3) is 1.00. The van der Waals surface area contributed by atoms with E-state index in [0.717, 1.165) is 0 Å². The van der Waals surface area contributed by atoms with E-state index in [2.05, 4.69) is 0 Å². The van der Waals surface area contributed by atoms with Crippen molar-refractivity contribution in [2.45, 2.75) is 24.9 Å². The van der Waals surface area contributed by atoms with Crippen molar-refractivity contribution in [1.29, 1.82) is 0 Å². The average molecular weight is 196 g/mol. The molecule has 0 bridgehead atoms. The van der Waals surface area contributed by atoms with Crippen molar-refractivity contribution in [2.75, 3.05) is 20.5 Å². The first-order valence-electron chi connectivity index (χ1n) is 3.71. The molecule has 0 aromatic rings. The topological polar surface area (TPSA) is 52.6 Å². The Hall–Kier alpha value is -0.130. The van der Waals surface area contributed by atoms with Crippen LogP contribution in [-0.2, 0) is 19.3 Å². The van der Waals surface area contributed by atoms with Crippen molar-refractivity contribution in [1.82, 2.24) is 0 Å². The molecule has 4 nitrogen and oxygen atoms in total. The standard InChI is InChI=1S/C7H16O4S/c1-5-6(12(4,8)9)7(10-2)11-3/h6-7H,5H2,1-4H3. The Morgan fingerprint density at radius 1 is 1.25 bits per heavy atom. The van der Waals surface area contributed by atoms with Crippen LogP contribution in [0.5, 0.6) is 0 Å². The van der Waals surface area contributed by atoms with Crippen molar-refractivity contribution < 1.29 is 17.9 Å². The molecule has 0 amide bonds. The number of sulfone groups is 1. The van der Waals surface area contributed by atoms with Crippen LogP contribution < -0.4 is 0 Å². The molecule has 0 rings (SSSR count). The van der Waals surface area contributed by atoms with Gasteiger partial charge in [-0.1, -0.05) is 6.92 Å². The fourth-order valence-corrected chi connectivity index (χ4v) is 2.33. The van der Waals surface area contributed by atoms with Crippen LogP contribution in [0.3, 0.4) is 0 Å². The third-order valence-electron chi connectivity index (χ3n) is 1.72. The predicted molar refractivity (Wildman–Crippen MR) is 46.7 cm³/mol. The van der Waals surface area contributed by atoms with E-state index < -0.39 is 21.4 Å². The van der Waals surface area contributed by atoms with E-state index in [9.17, 15) is 8.42 Å². The first-order chi connectivity index (χ1) is 5.47. The van der Waals surface area contributed by atoms with Crippen LogP contribution in [0.1, 0.15) is 13.3 Å². The summed E-state index contributed by atoms with van der Waals surface area (Å²) in [6.07, 6.45) is 1.02. The van der Waals surface area contributed by atoms with Crippen molar-refractivity contribution in [2.24, 2.45) is 0 Å². The highest BCUT2D eigenvalue weighted by molar-refractivity contribution is 7.91. The molecule has 0 aliphatic heterocycles. The second-order valence-electron chi connectivity index (χ2n) is 2.62. The van der Waals surface area contributed by atoms with Crippen molar-refractivity contribution in [3.8, 4) is 0 Å². The lowest BCUT2D eigenvalue weighted by molar-refractivity contribution is -0.103. The molecule has 74 valence electrons. The fourth-order valence-electron chi connectivity index (χ4n) is 1.10. The molecule has 0 radical (unpaired) electrons. The summed E-state index contributed by atoms with van der Waals surface area (Å²) in [6, 6.07) is 0. The van der Waals surface area contributed by atoms with Gasteiger partial charge in [-0.25, -0.2) is 8.42 Å². The predicted octanol–water partition coefficient (Wildman–Crippen LogP) is 0.429. The van der Waals surface area contributed by atoms with Crippen molar-refractivity contribution >= 4 is 9.84 Å². The zero-order chi connectivity index (χ0) is 9.78. The number of hydrogen-bond acceptors (Lipinski definition) is 4. The van der Waals surface area contributed by atoms with Crippen LogP contribution in [0, 0.1) is 0 Å². The third kappa shape index (κ3) is 3.08. The highest BCUT2D eigenvalue weighted by Gasteiger charge is 2.28. The van der Waals surface area contributed by atoms with E-state index in [1.165, 1.54) is 20.5 Å². The molecule has 0 aromatic carbocycles. The Kier molecular flexibility index (Phi) is 4.74. The van der Waals surface area contributed by atoms with Gasteiger partial charge in [0, 0.05) is 20.5 Å². The maximum atomic E-state index is 11.2. The van der Waals surface area contributed by atoms with Gasteiger partial charge in [0.2, 0.25) is 0 Å². The van der Waals surface area contributed by atoms with Crippen LogP contribution >= 0.6 is 0 Å². The van der Waals surface area contributed by atoms with E-state index in [0.29, 0.717) is 6.42 Å². The minimum Gasteiger partial charge on any atom is -0.355 e. The SMILES string of the molecule is CCC(C(OC)OC)S(C)(=O)=O. The Balaban J connectivity index is 4.54. The molecule has 0 spiro atoms. The highest BCUT2D eigenvalue weighted by atomic mass is 32.2. The van der Waals surface area contributed by atoms with Gasteiger partial charge < -0.3 is 9.47 Å². The largest absolute Gasteiger partial charge is 0.355 e. The zero-order valence-corrected chi connectivity index (χ0v) is 8.72. The lowest BCUT2D eigenvalue weighted by Crippen LogP contribution is -2.35. The molecule has 0 fully saturated rings. The minimum absolute atomic E-state index is 0.491. The van der Waals surface area contributed by atoms with Gasteiger partial charge in [-0.3, -0.25) is 0 Å². The molecule has 12 heavy (non-hydrogen) atoms. The summed E-state index contributed by atoms with van der Waals surface area (Å²) in [5.41, 5.74) is 0. The number of rotatable bonds is 5. The van der Waals surface area contributed by atoms with Crippen LogP contribution in [0.4, 0.5) is 0 Å². The molecule has 0 aliphatic carbocycles. The molecule has 0 saturated carbocycles. The first-order valence-corrected chi connectivity index (χ1v) is 5.67. The molecule has 5 heteroatoms. The van der Waals surface area contributed by atoms with Gasteiger partial charge in [-0.05, 0) is 6.42 Å². The second-order valence-corrected chi connectivity index (χ2v) is 4.88. The maximum Gasteiger partial charge on any atom is 0.173 e. The monoisotopic (exact) mass is 196 g/mol. The Morgan fingerprint density at radius 3 is 1.75 bits per heavy atom. The molecular formula is C7H16O4S. The molecule has 0 saturated heterocycles. The summed E-state index contributed by atoms with van der Waals surface area (Å²) in [7, 11) is -0.223. The van der Waals surface area contributed by atoms with Gasteiger partial charge >= 0.3 is 0 Å². The molecule has 0 N–H and O–H groups in total. The summed E-state index contributed by atoms with van der Waals surface area (Å²) < 4.78 is 32.1. The summed E-state index contributed by atoms with van der Waals surface area (Å²) in [4.78, 5) is 0. The van der Waals surface area contributed by atoms with Crippen molar-refractivity contribution in [3.63, 3.8) is 0 Å². The quantitative estimate of drug-likeness (QED) is 0.598. The Labute approximate surface area is 73.8 Å². The van der Waals surface area contributed by atoms with Gasteiger partial charge in [0.05, 0.1) is 0 Å². The molecule has 0 heterocycles. The third-order valence-corrected chi connectivity index (χ3v) is 3.38. The number of ether oxygens (including phenoxy) is 2. The van der Waals surface area contributed by atoms with E-state index in [1.807, 2.05) is 0 Å². The first kappa shape index (κ1) is 11.9. The van der Waals surface area contributed by atoms with Crippen molar-refractivity contribution in [3.05, 3.63) is 0 Å². The molecule has 1 atom stereocenters. The number of hydrogen-bond donors (Lipinski definition) is 0. The van der Waals surface area contributed by atoms with E-state index >= 15 is 0 Å². The summed E-state index contributed by atoms with van der Waals surface area (Å²) >= 11 is 0.